The van der Waals surface area contributed by atoms with Gasteiger partial charge >= 0.3 is 0 Å². The van der Waals surface area contributed by atoms with Gasteiger partial charge in [0.1, 0.15) is 20.2 Å². The first kappa shape index (κ1) is 37.0. The van der Waals surface area contributed by atoms with E-state index in [-0.39, 0.29) is 23.7 Å². The second kappa shape index (κ2) is 15.0. The largest absolute Gasteiger partial charge is 0.744 e. The Morgan fingerprint density at radius 2 is 0.692 bits per heavy atom. The van der Waals surface area contributed by atoms with Gasteiger partial charge in [0.15, 0.2) is 14.3 Å². The predicted molar refractivity (Wildman–Crippen MR) is 205 cm³/mol. The maximum atomic E-state index is 15.3. The lowest BCUT2D eigenvalue weighted by atomic mass is 10.3. The monoisotopic (exact) mass is 770 g/mol. The fourth-order valence-corrected chi connectivity index (χ4v) is 12.8. The molecular weight excluding hydrogens is 739 g/mol. The first-order chi connectivity index (χ1) is 24.8. The third-order valence-electron chi connectivity index (χ3n) is 8.43. The molecule has 0 unspecified atom stereocenters. The maximum absolute atomic E-state index is 15.3. The molecule has 6 aromatic rings. The van der Waals surface area contributed by atoms with Crippen LogP contribution in [0.15, 0.2) is 168 Å². The molecule has 0 aliphatic rings. The van der Waals surface area contributed by atoms with Gasteiger partial charge in [0, 0.05) is 56.3 Å². The van der Waals surface area contributed by atoms with E-state index in [4.69, 9.17) is 0 Å². The average molecular weight is 771 g/mol. The molecule has 0 bridgehead atoms. The number of benzene rings is 6. The number of nitrogens with one attached hydrogen (secondary N) is 2. The summed E-state index contributed by atoms with van der Waals surface area (Å²) in [7, 11) is -17.3. The molecule has 0 atom stereocenters. The van der Waals surface area contributed by atoms with Crippen molar-refractivity contribution in [3.8, 4) is 0 Å². The second-order valence-corrected chi connectivity index (χ2v) is 19.9. The minimum atomic E-state index is -4.91. The van der Waals surface area contributed by atoms with Crippen LogP contribution in [0.3, 0.4) is 0 Å². The third-order valence-corrected chi connectivity index (χ3v) is 16.3. The molecule has 0 aliphatic heterocycles. The van der Waals surface area contributed by atoms with Crippen molar-refractivity contribution in [3.05, 3.63) is 158 Å². The van der Waals surface area contributed by atoms with Crippen LogP contribution >= 0.6 is 14.3 Å². The number of hydrogen-bond donors (Lipinski definition) is 2. The molecule has 0 fully saturated rings. The summed E-state index contributed by atoms with van der Waals surface area (Å²) in [5, 5.41) is 8.38. The van der Waals surface area contributed by atoms with Crippen molar-refractivity contribution in [1.82, 2.24) is 0 Å². The molecule has 52 heavy (non-hydrogen) atoms. The van der Waals surface area contributed by atoms with Gasteiger partial charge in [0.05, 0.1) is 9.79 Å². The van der Waals surface area contributed by atoms with Crippen molar-refractivity contribution in [1.29, 1.82) is 0 Å². The Bertz CT molecular complexity index is 2260. The standard InChI is InChI=1S/C38H34N2O8P2S2/c41-49(29-13-5-1-6-14-29,30-15-7-2-8-16-30)37-27-33(51(43,44)45)21-23-35(37)39-25-26-40-36-24-22-34(52(46,47)48)28-38(36)50(42,31-17-9-3-10-18-31)32-19-11-4-12-20-32/h1-24,27-28,39-40H,25-26H2,(H,43,44,45)(H,46,47,48)/p-2. The molecule has 0 saturated heterocycles. The number of anilines is 2. The van der Waals surface area contributed by atoms with E-state index in [1.165, 1.54) is 12.1 Å². The van der Waals surface area contributed by atoms with Crippen LogP contribution in [-0.2, 0) is 29.4 Å². The van der Waals surface area contributed by atoms with Crippen molar-refractivity contribution in [3.63, 3.8) is 0 Å². The third kappa shape index (κ3) is 7.54. The molecule has 0 spiro atoms. The zero-order valence-electron chi connectivity index (χ0n) is 27.4. The van der Waals surface area contributed by atoms with Gasteiger partial charge in [-0.05, 0) is 36.4 Å². The summed E-state index contributed by atoms with van der Waals surface area (Å²) in [6.07, 6.45) is 0. The molecule has 6 aromatic carbocycles. The van der Waals surface area contributed by atoms with Crippen LogP contribution in [0.25, 0.3) is 0 Å². The van der Waals surface area contributed by atoms with Crippen LogP contribution in [0.1, 0.15) is 0 Å². The smallest absolute Gasteiger partial charge is 0.173 e. The highest BCUT2D eigenvalue weighted by molar-refractivity contribution is 7.87. The molecule has 0 saturated carbocycles. The van der Waals surface area contributed by atoms with Crippen LogP contribution in [0, 0.1) is 0 Å². The number of hydrogen-bond acceptors (Lipinski definition) is 10. The Hall–Kier alpha value is -4.80. The zero-order valence-corrected chi connectivity index (χ0v) is 30.8. The first-order valence-corrected chi connectivity index (χ1v) is 22.2. The summed E-state index contributed by atoms with van der Waals surface area (Å²) in [6, 6.07) is 41.7. The van der Waals surface area contributed by atoms with Gasteiger partial charge in [0.2, 0.25) is 0 Å². The van der Waals surface area contributed by atoms with E-state index in [1.807, 2.05) is 0 Å². The van der Waals surface area contributed by atoms with Gasteiger partial charge in [-0.1, -0.05) is 121 Å². The Kier molecular flexibility index (Phi) is 10.7. The second-order valence-electron chi connectivity index (χ2n) is 11.7. The fourth-order valence-electron chi connectivity index (χ4n) is 5.95. The van der Waals surface area contributed by atoms with Gasteiger partial charge < -0.3 is 28.9 Å². The molecular formula is C38H32N2O8P2S2-2. The van der Waals surface area contributed by atoms with Gasteiger partial charge in [-0.15, -0.1) is 0 Å². The van der Waals surface area contributed by atoms with E-state index >= 15 is 9.13 Å². The molecule has 0 heterocycles. The van der Waals surface area contributed by atoms with E-state index in [1.54, 1.807) is 121 Å². The van der Waals surface area contributed by atoms with Gasteiger partial charge in [-0.25, -0.2) is 16.8 Å². The van der Waals surface area contributed by atoms with Crippen molar-refractivity contribution in [2.24, 2.45) is 0 Å². The van der Waals surface area contributed by atoms with Crippen LogP contribution in [-0.4, -0.2) is 39.0 Å². The lowest BCUT2D eigenvalue weighted by molar-refractivity contribution is 0.461. The average Bonchev–Trinajstić information content (AvgIpc) is 3.16. The Morgan fingerprint density at radius 1 is 0.423 bits per heavy atom. The first-order valence-electron chi connectivity index (χ1n) is 15.9. The fraction of sp³-hybridized carbons (Fsp3) is 0.0526. The molecule has 0 aromatic heterocycles. The predicted octanol–water partition coefficient (Wildman–Crippen LogP) is 4.30. The molecule has 6 rings (SSSR count). The minimum Gasteiger partial charge on any atom is -0.744 e. The SMILES string of the molecule is O=P(c1ccccc1)(c1ccccc1)c1cc(S(=O)(=O)[O-])ccc1NCCNc1ccc(S(=O)(=O)[O-])cc1P(=O)(c1ccccc1)c1ccccc1. The van der Waals surface area contributed by atoms with Crippen LogP contribution in [0.2, 0.25) is 0 Å². The normalized spacial score (nSPS) is 12.3. The highest BCUT2D eigenvalue weighted by Crippen LogP contribution is 2.46. The van der Waals surface area contributed by atoms with Crippen LogP contribution in [0.4, 0.5) is 11.4 Å². The van der Waals surface area contributed by atoms with Crippen molar-refractivity contribution < 1.29 is 35.1 Å². The molecule has 2 N–H and O–H groups in total. The quantitative estimate of drug-likeness (QED) is 0.0981. The highest BCUT2D eigenvalue weighted by Gasteiger charge is 2.34. The summed E-state index contributed by atoms with van der Waals surface area (Å²) in [6.45, 7) is 0.282. The summed E-state index contributed by atoms with van der Waals surface area (Å²) >= 11 is 0. The molecule has 14 heteroatoms. The Labute approximate surface area is 302 Å². The van der Waals surface area contributed by atoms with E-state index in [0.29, 0.717) is 32.6 Å². The number of rotatable bonds is 13. The van der Waals surface area contributed by atoms with E-state index < -0.39 is 44.3 Å². The van der Waals surface area contributed by atoms with Gasteiger partial charge in [-0.2, -0.15) is 0 Å². The molecule has 10 nitrogen and oxygen atoms in total. The van der Waals surface area contributed by atoms with E-state index in [9.17, 15) is 25.9 Å². The summed E-state index contributed by atoms with van der Waals surface area (Å²) in [5.41, 5.74) is 0.634. The highest BCUT2D eigenvalue weighted by atomic mass is 32.2. The zero-order chi connectivity index (χ0) is 37.0. The minimum absolute atomic E-state index is 0.116. The van der Waals surface area contributed by atoms with Crippen molar-refractivity contribution in [2.45, 2.75) is 9.79 Å². The van der Waals surface area contributed by atoms with Gasteiger partial charge in [0.25, 0.3) is 0 Å². The summed E-state index contributed by atoms with van der Waals surface area (Å²) < 4.78 is 103. The maximum Gasteiger partial charge on any atom is 0.173 e. The lowest BCUT2D eigenvalue weighted by Crippen LogP contribution is -2.30. The summed E-state index contributed by atoms with van der Waals surface area (Å²) in [4.78, 5) is -1.07. The van der Waals surface area contributed by atoms with E-state index in [2.05, 4.69) is 10.6 Å². The van der Waals surface area contributed by atoms with E-state index in [0.717, 1.165) is 24.3 Å². The van der Waals surface area contributed by atoms with Gasteiger partial charge in [-0.3, -0.25) is 0 Å². The van der Waals surface area contributed by atoms with Crippen LogP contribution < -0.4 is 42.5 Å². The molecule has 0 amide bonds. The molecule has 0 aliphatic carbocycles. The Balaban J connectivity index is 1.39. The Morgan fingerprint density at radius 3 is 0.942 bits per heavy atom. The van der Waals surface area contributed by atoms with Crippen LogP contribution in [0.5, 0.6) is 0 Å². The molecule has 266 valence electrons. The topological polar surface area (TPSA) is 173 Å². The molecule has 0 radical (unpaired) electrons. The van der Waals surface area contributed by atoms with Crippen molar-refractivity contribution in [2.75, 3.05) is 23.7 Å². The van der Waals surface area contributed by atoms with Crippen molar-refractivity contribution >= 4 is 77.7 Å². The lowest BCUT2D eigenvalue weighted by Gasteiger charge is -2.25. The summed E-state index contributed by atoms with van der Waals surface area (Å²) in [5.74, 6) is 0.